The molecule has 1 aliphatic rings. The summed E-state index contributed by atoms with van der Waals surface area (Å²) in [5, 5.41) is 34.3. The van der Waals surface area contributed by atoms with Crippen molar-refractivity contribution in [2.75, 3.05) is 13.1 Å². The molecule has 0 atom stereocenters. The summed E-state index contributed by atoms with van der Waals surface area (Å²) in [7, 11) is 1.69. The highest BCUT2D eigenvalue weighted by atomic mass is 16.7. The SMILES string of the molecule is CCN1CC(c2nnn(C)n2)=C(c2cc(C(C)C)c(O)cc2O)O1. The molecule has 0 spiro atoms. The van der Waals surface area contributed by atoms with Gasteiger partial charge in [0, 0.05) is 12.6 Å². The van der Waals surface area contributed by atoms with Gasteiger partial charge in [-0.1, -0.05) is 13.8 Å². The van der Waals surface area contributed by atoms with Crippen molar-refractivity contribution < 1.29 is 15.1 Å². The van der Waals surface area contributed by atoms with Crippen LogP contribution in [0.5, 0.6) is 11.5 Å². The number of aromatic hydroxyl groups is 2. The van der Waals surface area contributed by atoms with Gasteiger partial charge >= 0.3 is 0 Å². The molecule has 0 saturated heterocycles. The first-order chi connectivity index (χ1) is 11.4. The molecule has 2 heterocycles. The molecule has 1 aliphatic heterocycles. The first kappa shape index (κ1) is 16.3. The highest BCUT2D eigenvalue weighted by Gasteiger charge is 2.30. The molecular weight excluding hydrogens is 310 g/mol. The highest BCUT2D eigenvalue weighted by Crippen LogP contribution is 2.41. The van der Waals surface area contributed by atoms with Crippen molar-refractivity contribution in [3.05, 3.63) is 29.1 Å². The molecule has 0 saturated carbocycles. The Hall–Kier alpha value is -2.61. The second-order valence-electron chi connectivity index (χ2n) is 6.04. The fourth-order valence-electron chi connectivity index (χ4n) is 2.67. The molecule has 3 rings (SSSR count). The lowest BCUT2D eigenvalue weighted by molar-refractivity contribution is -0.0556. The summed E-state index contributed by atoms with van der Waals surface area (Å²) in [6.45, 7) is 7.09. The molecule has 24 heavy (non-hydrogen) atoms. The Morgan fingerprint density at radius 1 is 1.25 bits per heavy atom. The molecule has 0 fully saturated rings. The number of likely N-dealkylation sites (N-methyl/N-ethyl adjacent to an activating group) is 1. The van der Waals surface area contributed by atoms with Crippen LogP contribution < -0.4 is 0 Å². The van der Waals surface area contributed by atoms with Gasteiger partial charge in [0.15, 0.2) is 5.76 Å². The van der Waals surface area contributed by atoms with Crippen LogP contribution in [0.15, 0.2) is 12.1 Å². The van der Waals surface area contributed by atoms with Gasteiger partial charge in [-0.15, -0.1) is 15.3 Å². The fourth-order valence-corrected chi connectivity index (χ4v) is 2.67. The van der Waals surface area contributed by atoms with Gasteiger partial charge in [0.1, 0.15) is 11.5 Å². The predicted molar refractivity (Wildman–Crippen MR) is 87.8 cm³/mol. The molecular formula is C16H21N5O3. The van der Waals surface area contributed by atoms with Crippen molar-refractivity contribution in [1.29, 1.82) is 0 Å². The van der Waals surface area contributed by atoms with Crippen LogP contribution in [0.1, 0.15) is 43.6 Å². The fraction of sp³-hybridized carbons (Fsp3) is 0.438. The maximum Gasteiger partial charge on any atom is 0.206 e. The van der Waals surface area contributed by atoms with Gasteiger partial charge in [0.05, 0.1) is 24.7 Å². The third-order valence-corrected chi connectivity index (χ3v) is 3.97. The molecule has 8 nitrogen and oxygen atoms in total. The number of rotatable bonds is 4. The van der Waals surface area contributed by atoms with Gasteiger partial charge in [0.25, 0.3) is 0 Å². The highest BCUT2D eigenvalue weighted by molar-refractivity contribution is 5.89. The van der Waals surface area contributed by atoms with Crippen molar-refractivity contribution in [2.24, 2.45) is 7.05 Å². The Balaban J connectivity index is 2.15. The molecule has 1 aromatic heterocycles. The maximum atomic E-state index is 10.3. The predicted octanol–water partition coefficient (Wildman–Crippen LogP) is 1.88. The summed E-state index contributed by atoms with van der Waals surface area (Å²) in [5.74, 6) is 1.07. The first-order valence-corrected chi connectivity index (χ1v) is 7.87. The van der Waals surface area contributed by atoms with Crippen molar-refractivity contribution in [2.45, 2.75) is 26.7 Å². The zero-order valence-corrected chi connectivity index (χ0v) is 14.2. The summed E-state index contributed by atoms with van der Waals surface area (Å²) in [6, 6.07) is 3.09. The van der Waals surface area contributed by atoms with Crippen LogP contribution in [0.25, 0.3) is 11.3 Å². The number of phenols is 2. The number of phenolic OH excluding ortho intramolecular Hbond substituents is 2. The van der Waals surface area contributed by atoms with E-state index < -0.39 is 0 Å². The number of benzene rings is 1. The van der Waals surface area contributed by atoms with E-state index in [1.54, 1.807) is 18.2 Å². The molecule has 2 N–H and O–H groups in total. The molecule has 0 aliphatic carbocycles. The van der Waals surface area contributed by atoms with E-state index in [4.69, 9.17) is 4.84 Å². The van der Waals surface area contributed by atoms with Crippen LogP contribution >= 0.6 is 0 Å². The zero-order chi connectivity index (χ0) is 17.4. The van der Waals surface area contributed by atoms with E-state index in [0.717, 1.165) is 11.1 Å². The second kappa shape index (κ2) is 6.12. The number of aromatic nitrogens is 4. The van der Waals surface area contributed by atoms with Crippen LogP contribution in [0, 0.1) is 0 Å². The summed E-state index contributed by atoms with van der Waals surface area (Å²) in [4.78, 5) is 7.26. The number of tetrazole rings is 1. The second-order valence-corrected chi connectivity index (χ2v) is 6.04. The number of hydrogen-bond donors (Lipinski definition) is 2. The smallest absolute Gasteiger partial charge is 0.206 e. The van der Waals surface area contributed by atoms with Crippen LogP contribution in [-0.4, -0.2) is 48.6 Å². The van der Waals surface area contributed by atoms with E-state index in [-0.39, 0.29) is 17.4 Å². The Bertz CT molecular complexity index is 797. The van der Waals surface area contributed by atoms with Gasteiger partial charge in [-0.2, -0.15) is 4.80 Å². The van der Waals surface area contributed by atoms with E-state index >= 15 is 0 Å². The van der Waals surface area contributed by atoms with Crippen LogP contribution in [-0.2, 0) is 11.9 Å². The molecule has 2 aromatic rings. The quantitative estimate of drug-likeness (QED) is 0.883. The first-order valence-electron chi connectivity index (χ1n) is 7.87. The third kappa shape index (κ3) is 2.80. The van der Waals surface area contributed by atoms with Gasteiger partial charge < -0.3 is 15.1 Å². The monoisotopic (exact) mass is 331 g/mol. The largest absolute Gasteiger partial charge is 0.508 e. The van der Waals surface area contributed by atoms with Gasteiger partial charge in [-0.3, -0.25) is 0 Å². The zero-order valence-electron chi connectivity index (χ0n) is 14.2. The van der Waals surface area contributed by atoms with Gasteiger partial charge in [-0.25, -0.2) is 0 Å². The van der Waals surface area contributed by atoms with Gasteiger partial charge in [-0.05, 0) is 29.7 Å². The van der Waals surface area contributed by atoms with Crippen molar-refractivity contribution in [3.63, 3.8) is 0 Å². The van der Waals surface area contributed by atoms with Crippen molar-refractivity contribution in [1.82, 2.24) is 25.3 Å². The molecule has 0 radical (unpaired) electrons. The average molecular weight is 331 g/mol. The standard InChI is InChI=1S/C16H21N5O3/c1-5-21-8-12(16-17-19-20(4)18-16)15(24-21)11-6-10(9(2)3)13(22)7-14(11)23/h6-7,9,22-23H,5,8H2,1-4H3. The number of hydroxylamine groups is 2. The van der Waals surface area contributed by atoms with Crippen molar-refractivity contribution >= 4 is 11.3 Å². The summed E-state index contributed by atoms with van der Waals surface area (Å²) in [5.41, 5.74) is 2.00. The Morgan fingerprint density at radius 3 is 2.58 bits per heavy atom. The van der Waals surface area contributed by atoms with Crippen molar-refractivity contribution in [3.8, 4) is 11.5 Å². The maximum absolute atomic E-state index is 10.3. The van der Waals surface area contributed by atoms with E-state index in [9.17, 15) is 10.2 Å². The molecule has 128 valence electrons. The molecule has 0 amide bonds. The van der Waals surface area contributed by atoms with Crippen LogP contribution in [0.2, 0.25) is 0 Å². The minimum atomic E-state index is -0.0498. The summed E-state index contributed by atoms with van der Waals surface area (Å²) >= 11 is 0. The average Bonchev–Trinajstić information content (AvgIpc) is 3.13. The van der Waals surface area contributed by atoms with Crippen LogP contribution in [0.3, 0.4) is 0 Å². The normalized spacial score (nSPS) is 15.4. The lowest BCUT2D eigenvalue weighted by Gasteiger charge is -2.16. The van der Waals surface area contributed by atoms with E-state index in [1.807, 2.05) is 20.8 Å². The summed E-state index contributed by atoms with van der Waals surface area (Å²) in [6.07, 6.45) is 0. The molecule has 0 unspecified atom stereocenters. The molecule has 8 heteroatoms. The van der Waals surface area contributed by atoms with E-state index in [0.29, 0.717) is 30.2 Å². The Labute approximate surface area is 139 Å². The van der Waals surface area contributed by atoms with E-state index in [1.165, 1.54) is 10.9 Å². The molecule has 0 bridgehead atoms. The lowest BCUT2D eigenvalue weighted by Crippen LogP contribution is -2.18. The minimum absolute atomic E-state index is 0.0498. The molecule has 1 aromatic carbocycles. The minimum Gasteiger partial charge on any atom is -0.508 e. The number of nitrogens with zero attached hydrogens (tertiary/aromatic N) is 5. The van der Waals surface area contributed by atoms with E-state index in [2.05, 4.69) is 15.4 Å². The van der Waals surface area contributed by atoms with Gasteiger partial charge in [0.2, 0.25) is 5.82 Å². The van der Waals surface area contributed by atoms with Crippen LogP contribution in [0.4, 0.5) is 0 Å². The number of aryl methyl sites for hydroxylation is 1. The topological polar surface area (TPSA) is 96.5 Å². The third-order valence-electron chi connectivity index (χ3n) is 3.97. The Kier molecular flexibility index (Phi) is 4.15. The Morgan fingerprint density at radius 2 is 2.00 bits per heavy atom. The lowest BCUT2D eigenvalue weighted by atomic mass is 9.97. The summed E-state index contributed by atoms with van der Waals surface area (Å²) < 4.78 is 0. The number of hydrogen-bond acceptors (Lipinski definition) is 7.